The van der Waals surface area contributed by atoms with Gasteiger partial charge >= 0.3 is 12.8 Å². The Morgan fingerprint density at radius 1 is 0.955 bits per heavy atom. The second kappa shape index (κ2) is 6.30. The SMILES string of the molecule is FC(F)Oc1c(-c2cc(Cl)cc(Cl)c2)cccc1C(F)(F)F. The van der Waals surface area contributed by atoms with Crippen molar-refractivity contribution >= 4 is 23.2 Å². The van der Waals surface area contributed by atoms with E-state index in [4.69, 9.17) is 23.2 Å². The van der Waals surface area contributed by atoms with Gasteiger partial charge in [0.1, 0.15) is 5.75 Å². The van der Waals surface area contributed by atoms with E-state index in [1.807, 2.05) is 0 Å². The van der Waals surface area contributed by atoms with Gasteiger partial charge in [0, 0.05) is 15.6 Å². The third-order valence-electron chi connectivity index (χ3n) is 2.70. The van der Waals surface area contributed by atoms with Crippen LogP contribution in [0.4, 0.5) is 22.0 Å². The van der Waals surface area contributed by atoms with Crippen LogP contribution < -0.4 is 4.74 Å². The second-order valence-corrected chi connectivity index (χ2v) is 5.09. The molecule has 0 aromatic heterocycles. The summed E-state index contributed by atoms with van der Waals surface area (Å²) in [6.45, 7) is -3.41. The van der Waals surface area contributed by atoms with Gasteiger partial charge in [0.05, 0.1) is 5.56 Å². The van der Waals surface area contributed by atoms with Crippen LogP contribution in [-0.2, 0) is 6.18 Å². The molecule has 0 bridgehead atoms. The number of hydrogen-bond acceptors (Lipinski definition) is 1. The molecule has 118 valence electrons. The molecule has 0 amide bonds. The van der Waals surface area contributed by atoms with Gasteiger partial charge < -0.3 is 4.74 Å². The minimum Gasteiger partial charge on any atom is -0.434 e. The lowest BCUT2D eigenvalue weighted by Gasteiger charge is -2.17. The van der Waals surface area contributed by atoms with Crippen LogP contribution in [0.1, 0.15) is 5.56 Å². The molecule has 0 saturated heterocycles. The van der Waals surface area contributed by atoms with Crippen LogP contribution in [-0.4, -0.2) is 6.61 Å². The Morgan fingerprint density at radius 2 is 1.55 bits per heavy atom. The Balaban J connectivity index is 2.69. The van der Waals surface area contributed by atoms with Gasteiger partial charge in [0.15, 0.2) is 0 Å². The zero-order chi connectivity index (χ0) is 16.5. The maximum absolute atomic E-state index is 13.0. The molecular formula is C14H7Cl2F5O. The van der Waals surface area contributed by atoms with Gasteiger partial charge in [-0.1, -0.05) is 35.3 Å². The largest absolute Gasteiger partial charge is 0.434 e. The normalized spacial score (nSPS) is 11.8. The van der Waals surface area contributed by atoms with E-state index in [-0.39, 0.29) is 21.2 Å². The quantitative estimate of drug-likeness (QED) is 0.588. The van der Waals surface area contributed by atoms with E-state index in [1.165, 1.54) is 24.3 Å². The Kier molecular flexibility index (Phi) is 4.82. The number of rotatable bonds is 3. The predicted octanol–water partition coefficient (Wildman–Crippen LogP) is 6.28. The van der Waals surface area contributed by atoms with Crippen LogP contribution in [0.3, 0.4) is 0 Å². The average Bonchev–Trinajstić information content (AvgIpc) is 2.35. The van der Waals surface area contributed by atoms with Crippen LogP contribution in [0.5, 0.6) is 5.75 Å². The number of benzene rings is 2. The molecule has 22 heavy (non-hydrogen) atoms. The van der Waals surface area contributed by atoms with Crippen molar-refractivity contribution in [2.75, 3.05) is 0 Å². The first-order valence-corrected chi connectivity index (χ1v) is 6.55. The van der Waals surface area contributed by atoms with Crippen LogP contribution in [0.2, 0.25) is 10.0 Å². The number of halogens is 7. The van der Waals surface area contributed by atoms with Crippen molar-refractivity contribution in [1.82, 2.24) is 0 Å². The fourth-order valence-corrected chi connectivity index (χ4v) is 2.44. The van der Waals surface area contributed by atoms with E-state index in [9.17, 15) is 22.0 Å². The van der Waals surface area contributed by atoms with E-state index in [2.05, 4.69) is 4.74 Å². The summed E-state index contributed by atoms with van der Waals surface area (Å²) in [7, 11) is 0. The molecule has 0 aliphatic carbocycles. The summed E-state index contributed by atoms with van der Waals surface area (Å²) in [6, 6.07) is 6.95. The molecule has 0 unspecified atom stereocenters. The fourth-order valence-electron chi connectivity index (χ4n) is 1.91. The van der Waals surface area contributed by atoms with Crippen molar-refractivity contribution in [2.45, 2.75) is 12.8 Å². The summed E-state index contributed by atoms with van der Waals surface area (Å²) in [5, 5.41) is 0.311. The van der Waals surface area contributed by atoms with Crippen LogP contribution in [0, 0.1) is 0 Å². The van der Waals surface area contributed by atoms with Gasteiger partial charge in [-0.3, -0.25) is 0 Å². The lowest BCUT2D eigenvalue weighted by molar-refractivity contribution is -0.141. The molecular weight excluding hydrogens is 350 g/mol. The maximum atomic E-state index is 13.0. The monoisotopic (exact) mass is 356 g/mol. The third kappa shape index (κ3) is 3.81. The van der Waals surface area contributed by atoms with Crippen molar-refractivity contribution in [3.8, 4) is 16.9 Å². The summed E-state index contributed by atoms with van der Waals surface area (Å²) in [5.74, 6) is -0.969. The Bertz CT molecular complexity index is 665. The van der Waals surface area contributed by atoms with E-state index < -0.39 is 24.1 Å². The van der Waals surface area contributed by atoms with Gasteiger partial charge in [-0.15, -0.1) is 0 Å². The molecule has 0 N–H and O–H groups in total. The first kappa shape index (κ1) is 16.8. The molecule has 0 atom stereocenters. The number of hydrogen-bond donors (Lipinski definition) is 0. The molecule has 2 rings (SSSR count). The van der Waals surface area contributed by atoms with Crippen LogP contribution in [0.15, 0.2) is 36.4 Å². The standard InChI is InChI=1S/C14H7Cl2F5O/c15-8-4-7(5-9(16)6-8)10-2-1-3-11(14(19,20)21)12(10)22-13(17)18/h1-6,13H. The third-order valence-corrected chi connectivity index (χ3v) is 3.14. The van der Waals surface area contributed by atoms with E-state index in [0.717, 1.165) is 6.07 Å². The first-order chi connectivity index (χ1) is 10.2. The van der Waals surface area contributed by atoms with Crippen molar-refractivity contribution < 1.29 is 26.7 Å². The van der Waals surface area contributed by atoms with Gasteiger partial charge in [-0.2, -0.15) is 22.0 Å². The zero-order valence-corrected chi connectivity index (χ0v) is 12.1. The topological polar surface area (TPSA) is 9.23 Å². The number of ether oxygens (including phenoxy) is 1. The van der Waals surface area contributed by atoms with Crippen LogP contribution in [0.25, 0.3) is 11.1 Å². The van der Waals surface area contributed by atoms with E-state index >= 15 is 0 Å². The van der Waals surface area contributed by atoms with Crippen LogP contribution >= 0.6 is 23.2 Å². The maximum Gasteiger partial charge on any atom is 0.419 e. The molecule has 0 saturated carbocycles. The molecule has 2 aromatic rings. The van der Waals surface area contributed by atoms with E-state index in [1.54, 1.807) is 0 Å². The van der Waals surface area contributed by atoms with Crippen molar-refractivity contribution in [3.63, 3.8) is 0 Å². The Labute approximate surface area is 132 Å². The molecule has 1 nitrogen and oxygen atoms in total. The van der Waals surface area contributed by atoms with Gasteiger partial charge in [-0.05, 0) is 29.8 Å². The molecule has 2 aromatic carbocycles. The molecule has 0 aliphatic rings. The summed E-state index contributed by atoms with van der Waals surface area (Å²) < 4.78 is 68.0. The molecule has 0 heterocycles. The lowest BCUT2D eigenvalue weighted by Crippen LogP contribution is -2.12. The van der Waals surface area contributed by atoms with Crippen molar-refractivity contribution in [2.24, 2.45) is 0 Å². The minimum atomic E-state index is -4.84. The zero-order valence-electron chi connectivity index (χ0n) is 10.6. The minimum absolute atomic E-state index is 0.138. The highest BCUT2D eigenvalue weighted by molar-refractivity contribution is 6.35. The Morgan fingerprint density at radius 3 is 2.05 bits per heavy atom. The van der Waals surface area contributed by atoms with Crippen molar-refractivity contribution in [1.29, 1.82) is 0 Å². The lowest BCUT2D eigenvalue weighted by atomic mass is 10.0. The summed E-state index contributed by atoms with van der Waals surface area (Å²) in [6.07, 6.45) is -4.84. The predicted molar refractivity (Wildman–Crippen MR) is 73.5 cm³/mol. The summed E-state index contributed by atoms with van der Waals surface area (Å²) in [4.78, 5) is 0. The number of para-hydroxylation sites is 1. The summed E-state index contributed by atoms with van der Waals surface area (Å²) >= 11 is 11.6. The molecule has 0 spiro atoms. The first-order valence-electron chi connectivity index (χ1n) is 5.80. The van der Waals surface area contributed by atoms with Crippen molar-refractivity contribution in [3.05, 3.63) is 52.0 Å². The van der Waals surface area contributed by atoms with E-state index in [0.29, 0.717) is 6.07 Å². The van der Waals surface area contributed by atoms with Gasteiger partial charge in [-0.25, -0.2) is 0 Å². The average molecular weight is 357 g/mol. The highest BCUT2D eigenvalue weighted by Crippen LogP contribution is 2.43. The molecule has 8 heteroatoms. The highest BCUT2D eigenvalue weighted by Gasteiger charge is 2.36. The van der Waals surface area contributed by atoms with Gasteiger partial charge in [0.2, 0.25) is 0 Å². The Hall–Kier alpha value is -1.53. The second-order valence-electron chi connectivity index (χ2n) is 4.22. The molecule has 0 aliphatic heterocycles. The van der Waals surface area contributed by atoms with Gasteiger partial charge in [0.25, 0.3) is 0 Å². The summed E-state index contributed by atoms with van der Waals surface area (Å²) in [5.41, 5.74) is -1.35. The number of alkyl halides is 5. The smallest absolute Gasteiger partial charge is 0.419 e. The highest BCUT2D eigenvalue weighted by atomic mass is 35.5. The molecule has 0 fully saturated rings. The fraction of sp³-hybridized carbons (Fsp3) is 0.143. The molecule has 0 radical (unpaired) electrons.